The molecule has 1 aromatic heterocycles. The minimum atomic E-state index is -3.67. The van der Waals surface area contributed by atoms with Crippen LogP contribution in [0.25, 0.3) is 0 Å². The van der Waals surface area contributed by atoms with Crippen LogP contribution in [0.3, 0.4) is 0 Å². The molecule has 0 amide bonds. The Labute approximate surface area is 133 Å². The van der Waals surface area contributed by atoms with Crippen LogP contribution in [0.4, 0.5) is 5.82 Å². The number of nitrogens with two attached hydrogens (primary N) is 1. The van der Waals surface area contributed by atoms with Crippen molar-refractivity contribution in [2.75, 3.05) is 5.32 Å². The Hall–Kier alpha value is -1.14. The Morgan fingerprint density at radius 2 is 1.91 bits per heavy atom. The number of nitrogens with one attached hydrogen (secondary N) is 1. The van der Waals surface area contributed by atoms with E-state index in [9.17, 15) is 8.42 Å². The van der Waals surface area contributed by atoms with E-state index < -0.39 is 10.0 Å². The summed E-state index contributed by atoms with van der Waals surface area (Å²) in [4.78, 5) is 4.20. The zero-order valence-corrected chi connectivity index (χ0v) is 14.5. The molecule has 1 fully saturated rings. The number of sulfonamides is 1. The number of aromatic nitrogens is 1. The van der Waals surface area contributed by atoms with Crippen molar-refractivity contribution in [1.29, 1.82) is 0 Å². The molecule has 6 heteroatoms. The second kappa shape index (κ2) is 6.54. The maximum Gasteiger partial charge on any atom is 0.239 e. The van der Waals surface area contributed by atoms with Crippen LogP contribution < -0.4 is 10.5 Å². The summed E-state index contributed by atoms with van der Waals surface area (Å²) in [5.74, 6) is 1.50. The molecular formula is C16H27N3O2S. The van der Waals surface area contributed by atoms with E-state index in [1.54, 1.807) is 6.07 Å². The fourth-order valence-corrected chi connectivity index (χ4v) is 3.61. The third-order valence-corrected chi connectivity index (χ3v) is 6.06. The van der Waals surface area contributed by atoms with Crippen molar-refractivity contribution in [3.63, 3.8) is 0 Å². The molecule has 2 rings (SSSR count). The smallest absolute Gasteiger partial charge is 0.239 e. The fourth-order valence-electron chi connectivity index (χ4n) is 3.15. The number of rotatable bonds is 5. The van der Waals surface area contributed by atoms with Gasteiger partial charge in [0.25, 0.3) is 0 Å². The Kier molecular flexibility index (Phi) is 5.12. The van der Waals surface area contributed by atoms with Crippen molar-refractivity contribution in [2.45, 2.75) is 63.8 Å². The molecule has 0 spiro atoms. The van der Waals surface area contributed by atoms with E-state index in [2.05, 4.69) is 31.1 Å². The summed E-state index contributed by atoms with van der Waals surface area (Å²) >= 11 is 0. The summed E-state index contributed by atoms with van der Waals surface area (Å²) < 4.78 is 22.4. The van der Waals surface area contributed by atoms with Crippen molar-refractivity contribution in [2.24, 2.45) is 16.5 Å². The summed E-state index contributed by atoms with van der Waals surface area (Å²) in [5.41, 5.74) is 0.417. The molecule has 0 radical (unpaired) electrons. The summed E-state index contributed by atoms with van der Waals surface area (Å²) in [6.07, 6.45) is 7.25. The average Bonchev–Trinajstić information content (AvgIpc) is 2.47. The van der Waals surface area contributed by atoms with Gasteiger partial charge in [-0.2, -0.15) is 0 Å². The Morgan fingerprint density at radius 1 is 1.27 bits per heavy atom. The Balaban J connectivity index is 1.91. The molecule has 3 N–H and O–H groups in total. The molecule has 5 nitrogen and oxygen atoms in total. The van der Waals surface area contributed by atoms with Crippen LogP contribution in [0.15, 0.2) is 23.2 Å². The van der Waals surface area contributed by atoms with Crippen molar-refractivity contribution < 1.29 is 8.42 Å². The van der Waals surface area contributed by atoms with Crippen LogP contribution in [0.5, 0.6) is 0 Å². The lowest BCUT2D eigenvalue weighted by atomic mass is 9.69. The standard InChI is InChI=1S/C16H27N3O2S/c1-4-16(2,3)12-5-7-13(8-6-12)19-15-10-9-14(11-18-15)22(17,20)21/h9-13H,4-8H2,1-3H3,(H,18,19)(H2,17,20,21). The third kappa shape index (κ3) is 4.20. The number of hydrogen-bond acceptors (Lipinski definition) is 4. The average molecular weight is 325 g/mol. The first-order chi connectivity index (χ1) is 10.2. The van der Waals surface area contributed by atoms with Gasteiger partial charge in [-0.15, -0.1) is 0 Å². The zero-order chi connectivity index (χ0) is 16.4. The first-order valence-corrected chi connectivity index (χ1v) is 9.52. The van der Waals surface area contributed by atoms with Gasteiger partial charge in [-0.25, -0.2) is 18.5 Å². The summed E-state index contributed by atoms with van der Waals surface area (Å²) in [5, 5.41) is 8.47. The second-order valence-corrected chi connectivity index (χ2v) is 8.52. The number of primary sulfonamides is 1. The SMILES string of the molecule is CCC(C)(C)C1CCC(Nc2ccc(S(N)(=O)=O)cn2)CC1. The van der Waals surface area contributed by atoms with E-state index in [4.69, 9.17) is 5.14 Å². The van der Waals surface area contributed by atoms with Gasteiger partial charge in [-0.1, -0.05) is 27.2 Å². The van der Waals surface area contributed by atoms with Gasteiger partial charge in [0.05, 0.1) is 0 Å². The van der Waals surface area contributed by atoms with Crippen LogP contribution in [-0.2, 0) is 10.0 Å². The zero-order valence-electron chi connectivity index (χ0n) is 13.7. The van der Waals surface area contributed by atoms with Crippen molar-refractivity contribution in [1.82, 2.24) is 4.98 Å². The van der Waals surface area contributed by atoms with Gasteiger partial charge in [-0.3, -0.25) is 0 Å². The van der Waals surface area contributed by atoms with Crippen molar-refractivity contribution >= 4 is 15.8 Å². The number of nitrogens with zero attached hydrogens (tertiary/aromatic N) is 1. The highest BCUT2D eigenvalue weighted by Crippen LogP contribution is 2.40. The molecule has 0 saturated heterocycles. The topological polar surface area (TPSA) is 85.1 Å². The van der Waals surface area contributed by atoms with Crippen LogP contribution in [0.2, 0.25) is 0 Å². The number of pyridine rings is 1. The van der Waals surface area contributed by atoms with Crippen LogP contribution in [-0.4, -0.2) is 19.4 Å². The Bertz CT molecular complexity index is 588. The van der Waals surface area contributed by atoms with Gasteiger partial charge < -0.3 is 5.32 Å². The number of anilines is 1. The molecule has 0 aromatic carbocycles. The fraction of sp³-hybridized carbons (Fsp3) is 0.688. The highest BCUT2D eigenvalue weighted by molar-refractivity contribution is 7.89. The van der Waals surface area contributed by atoms with Crippen LogP contribution in [0, 0.1) is 11.3 Å². The molecule has 1 aliphatic rings. The minimum Gasteiger partial charge on any atom is -0.367 e. The molecular weight excluding hydrogens is 298 g/mol. The first-order valence-electron chi connectivity index (χ1n) is 7.98. The second-order valence-electron chi connectivity index (χ2n) is 6.96. The predicted molar refractivity (Wildman–Crippen MR) is 89.1 cm³/mol. The van der Waals surface area contributed by atoms with E-state index in [0.29, 0.717) is 17.3 Å². The quantitative estimate of drug-likeness (QED) is 0.871. The molecule has 0 bridgehead atoms. The van der Waals surface area contributed by atoms with Gasteiger partial charge in [-0.05, 0) is 49.1 Å². The molecule has 124 valence electrons. The lowest BCUT2D eigenvalue weighted by Crippen LogP contribution is -2.32. The van der Waals surface area contributed by atoms with Gasteiger partial charge in [0.2, 0.25) is 10.0 Å². The van der Waals surface area contributed by atoms with Gasteiger partial charge in [0.1, 0.15) is 10.7 Å². The molecule has 0 unspecified atom stereocenters. The molecule has 1 heterocycles. The highest BCUT2D eigenvalue weighted by atomic mass is 32.2. The van der Waals surface area contributed by atoms with E-state index >= 15 is 0 Å². The molecule has 1 aliphatic carbocycles. The lowest BCUT2D eigenvalue weighted by Gasteiger charge is -2.39. The maximum atomic E-state index is 11.2. The van der Waals surface area contributed by atoms with E-state index in [1.165, 1.54) is 31.5 Å². The molecule has 22 heavy (non-hydrogen) atoms. The third-order valence-electron chi connectivity index (χ3n) is 5.16. The first kappa shape index (κ1) is 17.2. The molecule has 1 aromatic rings. The van der Waals surface area contributed by atoms with Crippen molar-refractivity contribution in [3.05, 3.63) is 18.3 Å². The summed E-state index contributed by atoms with van der Waals surface area (Å²) in [6.45, 7) is 6.99. The molecule has 0 aliphatic heterocycles. The molecule has 0 atom stereocenters. The lowest BCUT2D eigenvalue weighted by molar-refractivity contribution is 0.147. The normalized spacial score (nSPS) is 23.3. The number of hydrogen-bond donors (Lipinski definition) is 2. The summed E-state index contributed by atoms with van der Waals surface area (Å²) in [7, 11) is -3.67. The van der Waals surface area contributed by atoms with Gasteiger partial charge >= 0.3 is 0 Å². The summed E-state index contributed by atoms with van der Waals surface area (Å²) in [6, 6.07) is 3.59. The maximum absolute atomic E-state index is 11.2. The van der Waals surface area contributed by atoms with Gasteiger partial charge in [0, 0.05) is 12.2 Å². The predicted octanol–water partition coefficient (Wildman–Crippen LogP) is 3.14. The molecule has 1 saturated carbocycles. The minimum absolute atomic E-state index is 0.0476. The Morgan fingerprint density at radius 3 is 2.36 bits per heavy atom. The monoisotopic (exact) mass is 325 g/mol. The van der Waals surface area contributed by atoms with E-state index in [-0.39, 0.29) is 4.90 Å². The van der Waals surface area contributed by atoms with Crippen LogP contribution in [0.1, 0.15) is 52.9 Å². The largest absolute Gasteiger partial charge is 0.367 e. The van der Waals surface area contributed by atoms with E-state index in [0.717, 1.165) is 18.8 Å². The van der Waals surface area contributed by atoms with Crippen molar-refractivity contribution in [3.8, 4) is 0 Å². The van der Waals surface area contributed by atoms with Gasteiger partial charge in [0.15, 0.2) is 0 Å². The highest BCUT2D eigenvalue weighted by Gasteiger charge is 2.31. The van der Waals surface area contributed by atoms with E-state index in [1.807, 2.05) is 0 Å². The van der Waals surface area contributed by atoms with Crippen LogP contribution >= 0.6 is 0 Å².